The van der Waals surface area contributed by atoms with Gasteiger partial charge >= 0.3 is 6.09 Å². The van der Waals surface area contributed by atoms with Gasteiger partial charge in [-0.05, 0) is 30.3 Å². The number of benzene rings is 1. The van der Waals surface area contributed by atoms with Gasteiger partial charge in [0.05, 0.1) is 6.54 Å². The Morgan fingerprint density at radius 1 is 1.06 bits per heavy atom. The smallest absolute Gasteiger partial charge is 0.414 e. The van der Waals surface area contributed by atoms with Crippen molar-refractivity contribution in [2.75, 3.05) is 49.1 Å². The summed E-state index contributed by atoms with van der Waals surface area (Å²) in [5.74, 6) is 1.81. The molecule has 0 radical (unpaired) electrons. The molecular weight excluding hydrogens is 398 g/mol. The van der Waals surface area contributed by atoms with Gasteiger partial charge in [-0.3, -0.25) is 9.80 Å². The third kappa shape index (κ3) is 4.19. The molecule has 3 aromatic rings. The lowest BCUT2D eigenvalue weighted by molar-refractivity contribution is 0.106. The molecule has 0 saturated carbocycles. The van der Waals surface area contributed by atoms with Crippen LogP contribution in [0.15, 0.2) is 47.2 Å². The highest BCUT2D eigenvalue weighted by atomic mass is 16.6. The normalized spacial score (nSPS) is 19.6. The van der Waals surface area contributed by atoms with E-state index in [-0.39, 0.29) is 12.2 Å². The number of piperazine rings is 1. The van der Waals surface area contributed by atoms with Gasteiger partial charge in [0.25, 0.3) is 0 Å². The van der Waals surface area contributed by atoms with Crippen molar-refractivity contribution < 1.29 is 14.1 Å². The van der Waals surface area contributed by atoms with Crippen molar-refractivity contribution in [2.24, 2.45) is 0 Å². The molecule has 2 aliphatic heterocycles. The van der Waals surface area contributed by atoms with Crippen LogP contribution in [-0.2, 0) is 4.74 Å². The first-order valence-corrected chi connectivity index (χ1v) is 10.3. The summed E-state index contributed by atoms with van der Waals surface area (Å²) < 4.78 is 10.7. The highest BCUT2D eigenvalue weighted by molar-refractivity contribution is 5.90. The number of cyclic esters (lactones) is 1. The summed E-state index contributed by atoms with van der Waals surface area (Å²) in [5, 5.41) is 3.92. The number of rotatable bonds is 5. The summed E-state index contributed by atoms with van der Waals surface area (Å²) in [6.45, 7) is 6.46. The van der Waals surface area contributed by atoms with Gasteiger partial charge in [0.15, 0.2) is 0 Å². The predicted molar refractivity (Wildman–Crippen MR) is 113 cm³/mol. The molecule has 0 N–H and O–H groups in total. The van der Waals surface area contributed by atoms with Crippen LogP contribution in [-0.4, -0.2) is 76.5 Å². The van der Waals surface area contributed by atoms with Gasteiger partial charge in [-0.2, -0.15) is 4.98 Å². The van der Waals surface area contributed by atoms with Crippen molar-refractivity contribution >= 4 is 17.7 Å². The number of carbonyl (C=O) groups is 1. The molecule has 0 aliphatic carbocycles. The molecule has 0 bridgehead atoms. The lowest BCUT2D eigenvalue weighted by atomic mass is 10.2. The Kier molecular flexibility index (Phi) is 5.21. The van der Waals surface area contributed by atoms with Crippen molar-refractivity contribution in [3.05, 3.63) is 48.6 Å². The van der Waals surface area contributed by atoms with E-state index in [9.17, 15) is 4.79 Å². The number of carbonyl (C=O) groups excluding carboxylic acids is 1. The maximum absolute atomic E-state index is 12.4. The fourth-order valence-electron chi connectivity index (χ4n) is 3.91. The van der Waals surface area contributed by atoms with Crippen LogP contribution in [0, 0.1) is 6.92 Å². The fraction of sp³-hybridized carbons (Fsp3) is 0.381. The van der Waals surface area contributed by atoms with Crippen LogP contribution >= 0.6 is 0 Å². The van der Waals surface area contributed by atoms with Gasteiger partial charge in [-0.15, -0.1) is 0 Å². The highest BCUT2D eigenvalue weighted by Crippen LogP contribution is 2.25. The molecule has 1 amide bonds. The van der Waals surface area contributed by atoms with Gasteiger partial charge in [0.2, 0.25) is 17.7 Å². The van der Waals surface area contributed by atoms with Crippen LogP contribution in [0.2, 0.25) is 0 Å². The molecule has 2 fully saturated rings. The SMILES string of the molecule is Cc1nc(-c2ccc(N3CC(CN4CCN(c5ncccn5)CC4)OC3=O)cc2)no1. The molecular formula is C21H23N7O3. The van der Waals surface area contributed by atoms with E-state index < -0.39 is 0 Å². The van der Waals surface area contributed by atoms with E-state index in [1.54, 1.807) is 24.2 Å². The minimum atomic E-state index is -0.315. The monoisotopic (exact) mass is 421 g/mol. The maximum atomic E-state index is 12.4. The molecule has 2 aromatic heterocycles. The molecule has 2 aliphatic rings. The van der Waals surface area contributed by atoms with E-state index in [1.165, 1.54) is 0 Å². The second-order valence-corrected chi connectivity index (χ2v) is 7.64. The van der Waals surface area contributed by atoms with Crippen molar-refractivity contribution in [1.29, 1.82) is 0 Å². The first-order valence-electron chi connectivity index (χ1n) is 10.3. The van der Waals surface area contributed by atoms with Crippen LogP contribution in [0.5, 0.6) is 0 Å². The zero-order valence-electron chi connectivity index (χ0n) is 17.2. The van der Waals surface area contributed by atoms with E-state index in [4.69, 9.17) is 9.26 Å². The van der Waals surface area contributed by atoms with Crippen LogP contribution < -0.4 is 9.80 Å². The first kappa shape index (κ1) is 19.4. The maximum Gasteiger partial charge on any atom is 0.414 e. The van der Waals surface area contributed by atoms with Crippen LogP contribution in [0.25, 0.3) is 11.4 Å². The average Bonchev–Trinajstić information content (AvgIpc) is 3.40. The van der Waals surface area contributed by atoms with Gasteiger partial charge in [0.1, 0.15) is 6.10 Å². The molecule has 1 unspecified atom stereocenters. The van der Waals surface area contributed by atoms with E-state index >= 15 is 0 Å². The molecule has 10 heteroatoms. The minimum absolute atomic E-state index is 0.161. The van der Waals surface area contributed by atoms with Crippen molar-refractivity contribution in [3.63, 3.8) is 0 Å². The Morgan fingerprint density at radius 2 is 1.81 bits per heavy atom. The number of amides is 1. The molecule has 160 valence electrons. The number of hydrogen-bond donors (Lipinski definition) is 0. The second-order valence-electron chi connectivity index (χ2n) is 7.64. The standard InChI is InChI=1S/C21H23N7O3/c1-15-24-19(25-31-15)16-3-5-17(6-4-16)28-14-18(30-21(28)29)13-26-9-11-27(12-10-26)20-22-7-2-8-23-20/h2-8,18H,9-14H2,1H3. The molecule has 10 nitrogen and oxygen atoms in total. The molecule has 5 rings (SSSR count). The second kappa shape index (κ2) is 8.31. The largest absolute Gasteiger partial charge is 0.443 e. The number of aromatic nitrogens is 4. The van der Waals surface area contributed by atoms with E-state index in [0.29, 0.717) is 24.8 Å². The lowest BCUT2D eigenvalue weighted by Crippen LogP contribution is -2.49. The predicted octanol–water partition coefficient (Wildman–Crippen LogP) is 1.98. The number of aryl methyl sites for hydroxylation is 1. The van der Waals surface area contributed by atoms with Crippen molar-refractivity contribution in [2.45, 2.75) is 13.0 Å². The van der Waals surface area contributed by atoms with Crippen molar-refractivity contribution in [1.82, 2.24) is 25.0 Å². The first-order chi connectivity index (χ1) is 15.2. The number of ether oxygens (including phenoxy) is 1. The number of hydrogen-bond acceptors (Lipinski definition) is 9. The van der Waals surface area contributed by atoms with Crippen LogP contribution in [0.1, 0.15) is 5.89 Å². The summed E-state index contributed by atoms with van der Waals surface area (Å²) in [6.07, 6.45) is 3.05. The molecule has 0 spiro atoms. The Hall–Kier alpha value is -3.53. The summed E-state index contributed by atoms with van der Waals surface area (Å²) in [5.41, 5.74) is 1.63. The van der Waals surface area contributed by atoms with Gasteiger partial charge in [-0.1, -0.05) is 5.16 Å². The van der Waals surface area contributed by atoms with Crippen LogP contribution in [0.4, 0.5) is 16.4 Å². The summed E-state index contributed by atoms with van der Waals surface area (Å²) in [7, 11) is 0. The third-order valence-corrected chi connectivity index (χ3v) is 5.51. The van der Waals surface area contributed by atoms with E-state index in [1.807, 2.05) is 30.3 Å². The van der Waals surface area contributed by atoms with Gasteiger partial charge < -0.3 is 14.2 Å². The zero-order valence-corrected chi connectivity index (χ0v) is 17.2. The van der Waals surface area contributed by atoms with Crippen LogP contribution in [0.3, 0.4) is 0 Å². The van der Waals surface area contributed by atoms with Crippen molar-refractivity contribution in [3.8, 4) is 11.4 Å². The molecule has 1 aromatic carbocycles. The lowest BCUT2D eigenvalue weighted by Gasteiger charge is -2.35. The Bertz CT molecular complexity index is 1030. The summed E-state index contributed by atoms with van der Waals surface area (Å²) >= 11 is 0. The molecule has 1 atom stereocenters. The zero-order chi connectivity index (χ0) is 21.2. The quantitative estimate of drug-likeness (QED) is 0.612. The molecule has 4 heterocycles. The van der Waals surface area contributed by atoms with E-state index in [2.05, 4.69) is 29.9 Å². The van der Waals surface area contributed by atoms with Gasteiger partial charge in [0, 0.05) is 63.3 Å². The Balaban J connectivity index is 1.16. The number of anilines is 2. The Morgan fingerprint density at radius 3 is 2.48 bits per heavy atom. The fourth-order valence-corrected chi connectivity index (χ4v) is 3.91. The Labute approximate surface area is 179 Å². The van der Waals surface area contributed by atoms with E-state index in [0.717, 1.165) is 43.4 Å². The highest BCUT2D eigenvalue weighted by Gasteiger charge is 2.34. The third-order valence-electron chi connectivity index (χ3n) is 5.51. The topological polar surface area (TPSA) is 101 Å². The number of nitrogens with zero attached hydrogens (tertiary/aromatic N) is 7. The minimum Gasteiger partial charge on any atom is -0.443 e. The summed E-state index contributed by atoms with van der Waals surface area (Å²) in [6, 6.07) is 9.34. The van der Waals surface area contributed by atoms with Gasteiger partial charge in [-0.25, -0.2) is 14.8 Å². The molecule has 31 heavy (non-hydrogen) atoms. The summed E-state index contributed by atoms with van der Waals surface area (Å²) in [4.78, 5) is 31.5. The average molecular weight is 421 g/mol. The molecule has 2 saturated heterocycles.